The van der Waals surface area contributed by atoms with Gasteiger partial charge >= 0.3 is 0 Å². The Hall–Kier alpha value is -2.34. The second-order valence-corrected chi connectivity index (χ2v) is 8.02. The molecule has 0 bridgehead atoms. The maximum Gasteiger partial charge on any atom is 0.255 e. The molecule has 0 aliphatic carbocycles. The number of ether oxygens (including phenoxy) is 1. The van der Waals surface area contributed by atoms with E-state index in [9.17, 15) is 9.59 Å². The molecule has 1 aliphatic heterocycles. The van der Waals surface area contributed by atoms with Gasteiger partial charge in [0.1, 0.15) is 5.75 Å². The second kappa shape index (κ2) is 9.24. The van der Waals surface area contributed by atoms with E-state index in [0.29, 0.717) is 27.0 Å². The number of hydrogen-bond acceptors (Lipinski definition) is 3. The lowest BCUT2D eigenvalue weighted by Gasteiger charge is -2.27. The van der Waals surface area contributed by atoms with Gasteiger partial charge in [-0.15, -0.1) is 0 Å². The topological polar surface area (TPSA) is 58.6 Å². The summed E-state index contributed by atoms with van der Waals surface area (Å²) in [7, 11) is 0. The van der Waals surface area contributed by atoms with Crippen molar-refractivity contribution in [3.63, 3.8) is 0 Å². The summed E-state index contributed by atoms with van der Waals surface area (Å²) in [6.07, 6.45) is 3.26. The smallest absolute Gasteiger partial charge is 0.255 e. The molecule has 1 saturated heterocycles. The third kappa shape index (κ3) is 4.93. The number of piperidine rings is 1. The Balaban J connectivity index is 1.77. The van der Waals surface area contributed by atoms with E-state index in [-0.39, 0.29) is 17.9 Å². The van der Waals surface area contributed by atoms with Crippen LogP contribution in [0.1, 0.15) is 53.8 Å². The highest BCUT2D eigenvalue weighted by Gasteiger charge is 2.21. The van der Waals surface area contributed by atoms with Crippen molar-refractivity contribution in [2.24, 2.45) is 0 Å². The van der Waals surface area contributed by atoms with Crippen molar-refractivity contribution in [2.45, 2.75) is 39.2 Å². The Morgan fingerprint density at radius 1 is 1.07 bits per heavy atom. The number of hydrogen-bond donors (Lipinski definition) is 1. The number of carbonyl (C=O) groups excluding carboxylic acids is 2. The molecule has 148 valence electrons. The number of rotatable bonds is 5. The molecule has 1 fully saturated rings. The lowest BCUT2D eigenvalue weighted by atomic mass is 10.1. The van der Waals surface area contributed by atoms with Gasteiger partial charge in [0.25, 0.3) is 11.8 Å². The molecule has 6 heteroatoms. The van der Waals surface area contributed by atoms with Gasteiger partial charge in [0.15, 0.2) is 0 Å². The third-order valence-electron chi connectivity index (χ3n) is 4.61. The predicted molar refractivity (Wildman–Crippen MR) is 114 cm³/mol. The van der Waals surface area contributed by atoms with Crippen molar-refractivity contribution in [3.05, 3.63) is 58.1 Å². The molecule has 2 aromatic rings. The van der Waals surface area contributed by atoms with Crippen LogP contribution < -0.4 is 10.1 Å². The zero-order valence-corrected chi connectivity index (χ0v) is 17.8. The molecule has 0 unspecified atom stereocenters. The van der Waals surface area contributed by atoms with Gasteiger partial charge in [-0.3, -0.25) is 9.59 Å². The fourth-order valence-corrected chi connectivity index (χ4v) is 3.70. The SMILES string of the molecule is CC(C)Oc1ccc(C(=O)Nc2ccccc2C(=O)N2CCCCC2)cc1Br. The van der Waals surface area contributed by atoms with Crippen LogP contribution in [0.2, 0.25) is 0 Å². The Labute approximate surface area is 174 Å². The number of likely N-dealkylation sites (tertiary alicyclic amines) is 1. The van der Waals surface area contributed by atoms with E-state index in [1.165, 1.54) is 0 Å². The Morgan fingerprint density at radius 2 is 1.79 bits per heavy atom. The lowest BCUT2D eigenvalue weighted by molar-refractivity contribution is 0.0725. The molecular formula is C22H25BrN2O3. The fourth-order valence-electron chi connectivity index (χ4n) is 3.23. The summed E-state index contributed by atoms with van der Waals surface area (Å²) in [6.45, 7) is 5.43. The van der Waals surface area contributed by atoms with Gasteiger partial charge in [-0.05, 0) is 79.4 Å². The molecule has 3 rings (SSSR count). The number of anilines is 1. The van der Waals surface area contributed by atoms with Crippen LogP contribution in [-0.4, -0.2) is 35.9 Å². The molecule has 0 saturated carbocycles. The van der Waals surface area contributed by atoms with Gasteiger partial charge in [0.2, 0.25) is 0 Å². The first-order chi connectivity index (χ1) is 13.5. The van der Waals surface area contributed by atoms with Crippen molar-refractivity contribution in [2.75, 3.05) is 18.4 Å². The zero-order valence-electron chi connectivity index (χ0n) is 16.2. The Kier molecular flexibility index (Phi) is 6.73. The summed E-state index contributed by atoms with van der Waals surface area (Å²) in [4.78, 5) is 27.5. The number of para-hydroxylation sites is 1. The van der Waals surface area contributed by atoms with Gasteiger partial charge in [-0.2, -0.15) is 0 Å². The molecule has 0 atom stereocenters. The highest BCUT2D eigenvalue weighted by Crippen LogP contribution is 2.28. The van der Waals surface area contributed by atoms with E-state index < -0.39 is 0 Å². The normalized spacial score (nSPS) is 14.1. The average Bonchev–Trinajstić information content (AvgIpc) is 2.69. The molecule has 0 spiro atoms. The van der Waals surface area contributed by atoms with Crippen LogP contribution in [0, 0.1) is 0 Å². The number of nitrogens with zero attached hydrogens (tertiary/aromatic N) is 1. The number of halogens is 1. The number of nitrogens with one attached hydrogen (secondary N) is 1. The summed E-state index contributed by atoms with van der Waals surface area (Å²) in [5, 5.41) is 2.89. The second-order valence-electron chi connectivity index (χ2n) is 7.16. The summed E-state index contributed by atoms with van der Waals surface area (Å²) < 4.78 is 6.40. The third-order valence-corrected chi connectivity index (χ3v) is 5.23. The molecule has 2 amide bonds. The average molecular weight is 445 g/mol. The van der Waals surface area contributed by atoms with Crippen LogP contribution in [0.3, 0.4) is 0 Å². The van der Waals surface area contributed by atoms with Crippen LogP contribution in [-0.2, 0) is 0 Å². The maximum absolute atomic E-state index is 12.9. The molecule has 5 nitrogen and oxygen atoms in total. The largest absolute Gasteiger partial charge is 0.490 e. The van der Waals surface area contributed by atoms with Crippen LogP contribution >= 0.6 is 15.9 Å². The minimum Gasteiger partial charge on any atom is -0.490 e. The standard InChI is InChI=1S/C22H25BrN2O3/c1-15(2)28-20-11-10-16(14-18(20)23)21(26)24-19-9-5-4-8-17(19)22(27)25-12-6-3-7-13-25/h4-5,8-11,14-15H,3,6-7,12-13H2,1-2H3,(H,24,26). The van der Waals surface area contributed by atoms with Crippen molar-refractivity contribution in [1.82, 2.24) is 4.90 Å². The van der Waals surface area contributed by atoms with E-state index in [1.807, 2.05) is 30.9 Å². The maximum atomic E-state index is 12.9. The van der Waals surface area contributed by atoms with Gasteiger partial charge in [-0.25, -0.2) is 0 Å². The summed E-state index contributed by atoms with van der Waals surface area (Å²) in [5.74, 6) is 0.389. The van der Waals surface area contributed by atoms with Gasteiger partial charge in [0, 0.05) is 18.7 Å². The van der Waals surface area contributed by atoms with Crippen molar-refractivity contribution >= 4 is 33.4 Å². The number of benzene rings is 2. The monoisotopic (exact) mass is 444 g/mol. The minimum absolute atomic E-state index is 0.0301. The Morgan fingerprint density at radius 3 is 2.46 bits per heavy atom. The first-order valence-electron chi connectivity index (χ1n) is 9.61. The number of carbonyl (C=O) groups is 2. The van der Waals surface area contributed by atoms with Crippen LogP contribution in [0.25, 0.3) is 0 Å². The van der Waals surface area contributed by atoms with Gasteiger partial charge in [0.05, 0.1) is 21.8 Å². The molecular weight excluding hydrogens is 420 g/mol. The van der Waals surface area contributed by atoms with Gasteiger partial charge < -0.3 is 15.0 Å². The predicted octanol–water partition coefficient (Wildman–Crippen LogP) is 5.11. The first-order valence-corrected chi connectivity index (χ1v) is 10.4. The quantitative estimate of drug-likeness (QED) is 0.696. The van der Waals surface area contributed by atoms with Crippen LogP contribution in [0.4, 0.5) is 5.69 Å². The van der Waals surface area contributed by atoms with Crippen molar-refractivity contribution in [3.8, 4) is 5.75 Å². The van der Waals surface area contributed by atoms with E-state index in [0.717, 1.165) is 32.4 Å². The van der Waals surface area contributed by atoms with Crippen molar-refractivity contribution < 1.29 is 14.3 Å². The van der Waals surface area contributed by atoms with Crippen LogP contribution in [0.15, 0.2) is 46.9 Å². The highest BCUT2D eigenvalue weighted by molar-refractivity contribution is 9.10. The summed E-state index contributed by atoms with van der Waals surface area (Å²) in [6, 6.07) is 12.4. The van der Waals surface area contributed by atoms with Crippen LogP contribution in [0.5, 0.6) is 5.75 Å². The van der Waals surface area contributed by atoms with E-state index in [2.05, 4.69) is 21.2 Å². The summed E-state index contributed by atoms with van der Waals surface area (Å²) >= 11 is 3.45. The highest BCUT2D eigenvalue weighted by atomic mass is 79.9. The van der Waals surface area contributed by atoms with Crippen molar-refractivity contribution in [1.29, 1.82) is 0 Å². The zero-order chi connectivity index (χ0) is 20.1. The Bertz CT molecular complexity index is 861. The van der Waals surface area contributed by atoms with E-state index >= 15 is 0 Å². The molecule has 1 heterocycles. The number of amides is 2. The molecule has 2 aromatic carbocycles. The lowest BCUT2D eigenvalue weighted by Crippen LogP contribution is -2.36. The van der Waals surface area contributed by atoms with Gasteiger partial charge in [-0.1, -0.05) is 12.1 Å². The van der Waals surface area contributed by atoms with E-state index in [1.54, 1.807) is 30.3 Å². The summed E-state index contributed by atoms with van der Waals surface area (Å²) in [5.41, 5.74) is 1.54. The molecule has 0 radical (unpaired) electrons. The fraction of sp³-hybridized carbons (Fsp3) is 0.364. The minimum atomic E-state index is -0.268. The molecule has 0 aromatic heterocycles. The first kappa shape index (κ1) is 20.4. The van der Waals surface area contributed by atoms with E-state index in [4.69, 9.17) is 4.74 Å². The molecule has 1 aliphatic rings. The molecule has 28 heavy (non-hydrogen) atoms. The molecule has 1 N–H and O–H groups in total.